The zero-order valence-corrected chi connectivity index (χ0v) is 7.04. The summed E-state index contributed by atoms with van der Waals surface area (Å²) in [4.78, 5) is 0. The maximum absolute atomic E-state index is 6.86. The van der Waals surface area contributed by atoms with E-state index < -0.39 is 0 Å². The van der Waals surface area contributed by atoms with Gasteiger partial charge in [-0.05, 0) is 6.42 Å². The van der Waals surface area contributed by atoms with Crippen LogP contribution in [0.1, 0.15) is 13.3 Å². The van der Waals surface area contributed by atoms with Gasteiger partial charge in [-0.1, -0.05) is 18.7 Å². The Labute approximate surface area is 65.8 Å². The van der Waals surface area contributed by atoms with Gasteiger partial charge in [0.05, 0.1) is 6.61 Å². The van der Waals surface area contributed by atoms with Crippen molar-refractivity contribution < 1.29 is 4.74 Å². The van der Waals surface area contributed by atoms with Gasteiger partial charge in [-0.25, -0.2) is 0 Å². The van der Waals surface area contributed by atoms with Crippen LogP contribution in [0.5, 0.6) is 0 Å². The Hall–Kier alpha value is -0.220. The minimum atomic E-state index is 0.167. The summed E-state index contributed by atoms with van der Waals surface area (Å²) in [5.74, 6) is 0.787. The summed E-state index contributed by atoms with van der Waals surface area (Å²) in [6.07, 6.45) is 1.05. The van der Waals surface area contributed by atoms with E-state index in [0.717, 1.165) is 18.8 Å². The van der Waals surface area contributed by atoms with Crippen LogP contribution in [0.15, 0.2) is 0 Å². The number of hydrogen-bond acceptors (Lipinski definition) is 3. The van der Waals surface area contributed by atoms with Gasteiger partial charge in [-0.15, -0.1) is 0 Å². The van der Waals surface area contributed by atoms with Crippen LogP contribution in [0.25, 0.3) is 0 Å². The Balaban J connectivity index is 2.84. The predicted octanol–water partition coefficient (Wildman–Crippen LogP) is 1.04. The molecule has 0 rings (SSSR count). The van der Waals surface area contributed by atoms with E-state index in [0.29, 0.717) is 6.61 Å². The van der Waals surface area contributed by atoms with E-state index in [-0.39, 0.29) is 5.17 Å². The largest absolute Gasteiger partial charge is 0.381 e. The van der Waals surface area contributed by atoms with Crippen molar-refractivity contribution in [2.75, 3.05) is 19.0 Å². The third kappa shape index (κ3) is 7.78. The molecule has 0 spiro atoms. The Morgan fingerprint density at radius 2 is 2.30 bits per heavy atom. The summed E-state index contributed by atoms with van der Waals surface area (Å²) in [5, 5.41) is 7.03. The number of hydrogen-bond donors (Lipinski definition) is 2. The Bertz CT molecular complexity index is 97.7. The molecule has 0 fully saturated rings. The van der Waals surface area contributed by atoms with Crippen molar-refractivity contribution in [2.24, 2.45) is 5.73 Å². The van der Waals surface area contributed by atoms with Gasteiger partial charge >= 0.3 is 0 Å². The van der Waals surface area contributed by atoms with Crippen LogP contribution in [0.2, 0.25) is 0 Å². The lowest BCUT2D eigenvalue weighted by molar-refractivity contribution is 0.151. The molecule has 0 bridgehead atoms. The molecule has 0 amide bonds. The molecule has 0 aromatic rings. The second-order valence-corrected chi connectivity index (χ2v) is 2.96. The minimum absolute atomic E-state index is 0.167. The van der Waals surface area contributed by atoms with Crippen LogP contribution in [0.4, 0.5) is 0 Å². The standard InChI is InChI=1S/C6H14N2OS/c1-2-3-9-4-5-10-6(7)8/h2-5H2,1H3,(H3,7,8). The van der Waals surface area contributed by atoms with Crippen molar-refractivity contribution in [3.63, 3.8) is 0 Å². The first-order chi connectivity index (χ1) is 4.77. The van der Waals surface area contributed by atoms with Gasteiger partial charge in [0.25, 0.3) is 0 Å². The van der Waals surface area contributed by atoms with E-state index in [1.165, 1.54) is 11.8 Å². The smallest absolute Gasteiger partial charge is 0.151 e. The summed E-state index contributed by atoms with van der Waals surface area (Å²) in [5.41, 5.74) is 5.10. The second kappa shape index (κ2) is 6.89. The minimum Gasteiger partial charge on any atom is -0.381 e. The van der Waals surface area contributed by atoms with E-state index in [9.17, 15) is 0 Å². The summed E-state index contributed by atoms with van der Waals surface area (Å²) >= 11 is 1.32. The average Bonchev–Trinajstić information content (AvgIpc) is 1.87. The number of nitrogens with two attached hydrogens (primary N) is 1. The predicted molar refractivity (Wildman–Crippen MR) is 45.5 cm³/mol. The summed E-state index contributed by atoms with van der Waals surface area (Å²) in [6, 6.07) is 0. The average molecular weight is 162 g/mol. The molecule has 0 aromatic carbocycles. The van der Waals surface area contributed by atoms with Crippen LogP contribution >= 0.6 is 11.8 Å². The van der Waals surface area contributed by atoms with Crippen LogP contribution in [-0.2, 0) is 4.74 Å². The monoisotopic (exact) mass is 162 g/mol. The third-order valence-electron chi connectivity index (χ3n) is 0.834. The first-order valence-corrected chi connectivity index (χ1v) is 4.30. The number of thioether (sulfide) groups is 1. The summed E-state index contributed by atoms with van der Waals surface area (Å²) in [7, 11) is 0. The van der Waals surface area contributed by atoms with Gasteiger partial charge in [0.1, 0.15) is 0 Å². The normalized spacial score (nSPS) is 9.70. The fourth-order valence-corrected chi connectivity index (χ4v) is 0.878. The zero-order valence-electron chi connectivity index (χ0n) is 6.22. The van der Waals surface area contributed by atoms with Crippen LogP contribution in [0, 0.1) is 5.41 Å². The molecule has 3 nitrogen and oxygen atoms in total. The molecule has 4 heteroatoms. The number of amidine groups is 1. The third-order valence-corrected chi connectivity index (χ3v) is 1.52. The van der Waals surface area contributed by atoms with Gasteiger partial charge in [-0.2, -0.15) is 0 Å². The molecule has 0 aliphatic rings. The number of nitrogens with one attached hydrogen (secondary N) is 1. The van der Waals surface area contributed by atoms with Gasteiger partial charge < -0.3 is 10.5 Å². The lowest BCUT2D eigenvalue weighted by atomic mass is 10.5. The van der Waals surface area contributed by atoms with Crippen molar-refractivity contribution >= 4 is 16.9 Å². The molecule has 10 heavy (non-hydrogen) atoms. The highest BCUT2D eigenvalue weighted by atomic mass is 32.2. The van der Waals surface area contributed by atoms with Gasteiger partial charge in [-0.3, -0.25) is 5.41 Å². The lowest BCUT2D eigenvalue weighted by Gasteiger charge is -1.99. The molecule has 60 valence electrons. The molecule has 0 unspecified atom stereocenters. The second-order valence-electron chi connectivity index (χ2n) is 1.83. The number of rotatable bonds is 5. The van der Waals surface area contributed by atoms with Crippen molar-refractivity contribution in [1.29, 1.82) is 5.41 Å². The Kier molecular flexibility index (Phi) is 6.74. The van der Waals surface area contributed by atoms with Crippen LogP contribution in [-0.4, -0.2) is 24.1 Å². The topological polar surface area (TPSA) is 59.1 Å². The highest BCUT2D eigenvalue weighted by Crippen LogP contribution is 1.96. The molecular formula is C6H14N2OS. The molecule has 0 aliphatic heterocycles. The molecule has 0 saturated carbocycles. The van der Waals surface area contributed by atoms with Crippen molar-refractivity contribution in [3.05, 3.63) is 0 Å². The molecule has 0 aliphatic carbocycles. The van der Waals surface area contributed by atoms with Crippen LogP contribution in [0.3, 0.4) is 0 Å². The van der Waals surface area contributed by atoms with E-state index in [1.54, 1.807) is 0 Å². The Morgan fingerprint density at radius 3 is 2.80 bits per heavy atom. The number of ether oxygens (including phenoxy) is 1. The SMILES string of the molecule is CCCOCCSC(=N)N. The van der Waals surface area contributed by atoms with Crippen molar-refractivity contribution in [3.8, 4) is 0 Å². The molecule has 0 radical (unpaired) electrons. The quantitative estimate of drug-likeness (QED) is 0.361. The Morgan fingerprint density at radius 1 is 1.60 bits per heavy atom. The van der Waals surface area contributed by atoms with E-state index in [2.05, 4.69) is 6.92 Å². The summed E-state index contributed by atoms with van der Waals surface area (Å²) in [6.45, 7) is 3.56. The zero-order chi connectivity index (χ0) is 7.82. The highest BCUT2D eigenvalue weighted by Gasteiger charge is 1.89. The van der Waals surface area contributed by atoms with E-state index >= 15 is 0 Å². The first kappa shape index (κ1) is 9.78. The fourth-order valence-electron chi connectivity index (χ4n) is 0.457. The highest BCUT2D eigenvalue weighted by molar-refractivity contribution is 8.13. The van der Waals surface area contributed by atoms with Crippen molar-refractivity contribution in [2.45, 2.75) is 13.3 Å². The fraction of sp³-hybridized carbons (Fsp3) is 0.833. The maximum atomic E-state index is 6.86. The maximum Gasteiger partial charge on any atom is 0.151 e. The molecule has 0 heterocycles. The van der Waals surface area contributed by atoms with Gasteiger partial charge in [0, 0.05) is 12.4 Å². The molecular weight excluding hydrogens is 148 g/mol. The molecule has 3 N–H and O–H groups in total. The summed E-state index contributed by atoms with van der Waals surface area (Å²) < 4.78 is 5.16. The lowest BCUT2D eigenvalue weighted by Crippen LogP contribution is -2.07. The van der Waals surface area contributed by atoms with E-state index in [4.69, 9.17) is 15.9 Å². The van der Waals surface area contributed by atoms with Gasteiger partial charge in [0.2, 0.25) is 0 Å². The van der Waals surface area contributed by atoms with Crippen molar-refractivity contribution in [1.82, 2.24) is 0 Å². The molecule has 0 aromatic heterocycles. The molecule has 0 atom stereocenters. The molecule has 0 saturated heterocycles. The first-order valence-electron chi connectivity index (χ1n) is 3.32. The van der Waals surface area contributed by atoms with E-state index in [1.807, 2.05) is 0 Å². The van der Waals surface area contributed by atoms with Crippen LogP contribution < -0.4 is 5.73 Å². The van der Waals surface area contributed by atoms with Gasteiger partial charge in [0.15, 0.2) is 5.17 Å².